The van der Waals surface area contributed by atoms with Crippen LogP contribution in [0.5, 0.6) is 0 Å². The quantitative estimate of drug-likeness (QED) is 0.542. The van der Waals surface area contributed by atoms with Gasteiger partial charge in [-0.1, -0.05) is 36.4 Å². The molecule has 0 saturated heterocycles. The molecule has 5 rings (SSSR count). The second kappa shape index (κ2) is 9.98. The van der Waals surface area contributed by atoms with E-state index in [2.05, 4.69) is 51.6 Å². The number of nitrogens with one attached hydrogen (secondary N) is 2. The van der Waals surface area contributed by atoms with Gasteiger partial charge in [0.25, 0.3) is 11.5 Å². The van der Waals surface area contributed by atoms with Crippen LogP contribution in [-0.2, 0) is 12.2 Å². The van der Waals surface area contributed by atoms with Gasteiger partial charge in [-0.25, -0.2) is 0 Å². The van der Waals surface area contributed by atoms with Crippen molar-refractivity contribution in [3.63, 3.8) is 0 Å². The smallest absolute Gasteiger partial charge is 0.252 e. The molecular weight excluding hydrogens is 430 g/mol. The van der Waals surface area contributed by atoms with Gasteiger partial charge in [0.1, 0.15) is 0 Å². The molecule has 6 heteroatoms. The molecule has 2 N–H and O–H groups in total. The van der Waals surface area contributed by atoms with E-state index in [4.69, 9.17) is 0 Å². The minimum absolute atomic E-state index is 0.00495. The van der Waals surface area contributed by atoms with E-state index in [1.807, 2.05) is 12.1 Å². The molecule has 0 radical (unpaired) electrons. The van der Waals surface area contributed by atoms with E-state index < -0.39 is 0 Å². The molecule has 3 aromatic rings. The number of carbonyl (C=O) groups is 1. The molecule has 0 spiro atoms. The van der Waals surface area contributed by atoms with Gasteiger partial charge in [-0.3, -0.25) is 14.5 Å². The molecule has 170 valence electrons. The molecular formula is C27H29N3O2S. The van der Waals surface area contributed by atoms with Crippen LogP contribution in [0.4, 0.5) is 0 Å². The summed E-state index contributed by atoms with van der Waals surface area (Å²) in [6, 6.07) is 16.2. The fourth-order valence-electron chi connectivity index (χ4n) is 4.76. The van der Waals surface area contributed by atoms with Gasteiger partial charge in [-0.15, -0.1) is 0 Å². The largest absolute Gasteiger partial charge is 0.352 e. The van der Waals surface area contributed by atoms with Crippen molar-refractivity contribution in [2.75, 3.05) is 31.9 Å². The highest BCUT2D eigenvalue weighted by molar-refractivity contribution is 7.98. The van der Waals surface area contributed by atoms with Crippen LogP contribution in [0.25, 0.3) is 16.5 Å². The van der Waals surface area contributed by atoms with Gasteiger partial charge in [-0.05, 0) is 59.9 Å². The summed E-state index contributed by atoms with van der Waals surface area (Å²) in [7, 11) is 0. The van der Waals surface area contributed by atoms with Crippen molar-refractivity contribution in [1.29, 1.82) is 0 Å². The number of aromatic amines is 1. The van der Waals surface area contributed by atoms with Gasteiger partial charge in [0.05, 0.1) is 0 Å². The van der Waals surface area contributed by atoms with Crippen molar-refractivity contribution in [3.05, 3.63) is 87.2 Å². The number of amides is 1. The van der Waals surface area contributed by atoms with E-state index in [1.165, 1.54) is 11.1 Å². The van der Waals surface area contributed by atoms with Gasteiger partial charge in [0, 0.05) is 54.0 Å². The van der Waals surface area contributed by atoms with Crippen molar-refractivity contribution in [1.82, 2.24) is 15.2 Å². The summed E-state index contributed by atoms with van der Waals surface area (Å²) in [6.07, 6.45) is 5.20. The number of benzene rings is 2. The Bertz CT molecular complexity index is 1250. The zero-order chi connectivity index (χ0) is 22.6. The molecule has 0 atom stereocenters. The zero-order valence-electron chi connectivity index (χ0n) is 18.7. The number of aryl methyl sites for hydroxylation is 1. The van der Waals surface area contributed by atoms with Crippen LogP contribution < -0.4 is 10.9 Å². The van der Waals surface area contributed by atoms with Gasteiger partial charge in [-0.2, -0.15) is 11.8 Å². The topological polar surface area (TPSA) is 65.2 Å². The summed E-state index contributed by atoms with van der Waals surface area (Å²) in [5.74, 6) is 1.71. The predicted octanol–water partition coefficient (Wildman–Crippen LogP) is 4.23. The summed E-state index contributed by atoms with van der Waals surface area (Å²) in [4.78, 5) is 30.5. The maximum Gasteiger partial charge on any atom is 0.252 e. The number of hydrogen-bond donors (Lipinski definition) is 2. The van der Waals surface area contributed by atoms with Crippen LogP contribution in [0.1, 0.15) is 39.9 Å². The number of nitrogens with zero attached hydrogens (tertiary/aromatic N) is 1. The first kappa shape index (κ1) is 22.0. The first-order chi connectivity index (χ1) is 16.2. The second-order valence-corrected chi connectivity index (χ2v) is 9.83. The lowest BCUT2D eigenvalue weighted by atomic mass is 9.99. The Morgan fingerprint density at radius 2 is 1.97 bits per heavy atom. The number of carbonyl (C=O) groups excluding carboxylic acids is 1. The first-order valence-electron chi connectivity index (χ1n) is 11.7. The Morgan fingerprint density at radius 1 is 1.09 bits per heavy atom. The van der Waals surface area contributed by atoms with Gasteiger partial charge >= 0.3 is 0 Å². The number of rotatable bonds is 6. The van der Waals surface area contributed by atoms with Crippen molar-refractivity contribution in [2.45, 2.75) is 25.0 Å². The highest BCUT2D eigenvalue weighted by Gasteiger charge is 2.18. The lowest BCUT2D eigenvalue weighted by molar-refractivity contribution is 0.0952. The van der Waals surface area contributed by atoms with Crippen LogP contribution in [0, 0.1) is 0 Å². The van der Waals surface area contributed by atoms with Crippen LogP contribution in [-0.4, -0.2) is 47.7 Å². The second-order valence-electron chi connectivity index (χ2n) is 8.73. The lowest BCUT2D eigenvalue weighted by Gasteiger charge is -2.26. The highest BCUT2D eigenvalue weighted by atomic mass is 32.2. The van der Waals surface area contributed by atoms with Gasteiger partial charge < -0.3 is 10.3 Å². The molecule has 2 aromatic carbocycles. The summed E-state index contributed by atoms with van der Waals surface area (Å²) < 4.78 is 0. The van der Waals surface area contributed by atoms with Gasteiger partial charge in [0.2, 0.25) is 0 Å². The summed E-state index contributed by atoms with van der Waals surface area (Å²) in [5, 5.41) is 4.08. The Hall–Kier alpha value is -2.83. The molecule has 0 aliphatic carbocycles. The number of thioether (sulfide) groups is 1. The minimum atomic E-state index is -0.0491. The minimum Gasteiger partial charge on any atom is -0.352 e. The Balaban J connectivity index is 1.15. The first-order valence-corrected chi connectivity index (χ1v) is 12.8. The third-order valence-corrected chi connectivity index (χ3v) is 7.60. The van der Waals surface area contributed by atoms with Gasteiger partial charge in [0.15, 0.2) is 0 Å². The molecule has 1 amide bonds. The molecule has 0 saturated carbocycles. The summed E-state index contributed by atoms with van der Waals surface area (Å²) >= 11 is 1.79. The molecule has 2 aliphatic heterocycles. The molecule has 0 fully saturated rings. The Morgan fingerprint density at radius 3 is 2.79 bits per heavy atom. The Kier molecular flexibility index (Phi) is 6.65. The number of hydrogen-bond acceptors (Lipinski definition) is 4. The molecule has 1 aromatic heterocycles. The lowest BCUT2D eigenvalue weighted by Crippen LogP contribution is -2.32. The SMILES string of the molecule is O=C(NCCCN1CC=C(c2ccccc2)CC1)c1ccc2[nH]c(=O)c3c(c2c1)CCSC3. The summed E-state index contributed by atoms with van der Waals surface area (Å²) in [6.45, 7) is 3.65. The maximum atomic E-state index is 12.8. The van der Waals surface area contributed by atoms with E-state index in [-0.39, 0.29) is 11.5 Å². The van der Waals surface area contributed by atoms with E-state index in [9.17, 15) is 9.59 Å². The third-order valence-electron chi connectivity index (χ3n) is 6.61. The maximum absolute atomic E-state index is 12.8. The number of H-pyrrole nitrogens is 1. The fourth-order valence-corrected chi connectivity index (χ4v) is 5.77. The Labute approximate surface area is 198 Å². The van der Waals surface area contributed by atoms with Crippen LogP contribution in [0.3, 0.4) is 0 Å². The van der Waals surface area contributed by atoms with E-state index in [0.29, 0.717) is 12.1 Å². The van der Waals surface area contributed by atoms with Crippen molar-refractivity contribution in [2.24, 2.45) is 0 Å². The molecule has 5 nitrogen and oxygen atoms in total. The molecule has 0 bridgehead atoms. The van der Waals surface area contributed by atoms with Crippen molar-refractivity contribution >= 4 is 34.1 Å². The third kappa shape index (κ3) is 4.92. The van der Waals surface area contributed by atoms with Crippen molar-refractivity contribution in [3.8, 4) is 0 Å². The standard InChI is InChI=1S/C27H29N3O2S/c31-26(21-7-8-25-23(17-21)22-11-16-33-18-24(22)27(32)29-25)28-12-4-13-30-14-9-20(10-15-30)19-5-2-1-3-6-19/h1-3,5-9,17H,4,10-16,18H2,(H,28,31)(H,29,32). The number of aromatic nitrogens is 1. The van der Waals surface area contributed by atoms with Crippen LogP contribution in [0.15, 0.2) is 59.4 Å². The predicted molar refractivity (Wildman–Crippen MR) is 137 cm³/mol. The zero-order valence-corrected chi connectivity index (χ0v) is 19.5. The van der Waals surface area contributed by atoms with Crippen LogP contribution >= 0.6 is 11.8 Å². The molecule has 0 unspecified atom stereocenters. The van der Waals surface area contributed by atoms with E-state index >= 15 is 0 Å². The number of fused-ring (bicyclic) bond motifs is 3. The fraction of sp³-hybridized carbons (Fsp3) is 0.333. The molecule has 33 heavy (non-hydrogen) atoms. The molecule has 3 heterocycles. The van der Waals surface area contributed by atoms with E-state index in [1.54, 1.807) is 17.8 Å². The summed E-state index contributed by atoms with van der Waals surface area (Å²) in [5.41, 5.74) is 6.20. The number of pyridine rings is 1. The van der Waals surface area contributed by atoms with E-state index in [0.717, 1.165) is 72.4 Å². The monoisotopic (exact) mass is 459 g/mol. The van der Waals surface area contributed by atoms with Crippen molar-refractivity contribution < 1.29 is 4.79 Å². The average molecular weight is 460 g/mol. The normalized spacial score (nSPS) is 16.3. The average Bonchev–Trinajstić information content (AvgIpc) is 2.87. The van der Waals surface area contributed by atoms with Crippen LogP contribution in [0.2, 0.25) is 0 Å². The molecule has 2 aliphatic rings. The highest BCUT2D eigenvalue weighted by Crippen LogP contribution is 2.28.